The van der Waals surface area contributed by atoms with Crippen LogP contribution in [0.4, 0.5) is 5.69 Å². The summed E-state index contributed by atoms with van der Waals surface area (Å²) in [7, 11) is 0. The van der Waals surface area contributed by atoms with Gasteiger partial charge in [-0.2, -0.15) is 0 Å². The largest absolute Gasteiger partial charge is 0.395 e. The zero-order valence-electron chi connectivity index (χ0n) is 11.8. The molecule has 0 radical (unpaired) electrons. The zero-order chi connectivity index (χ0) is 15.7. The van der Waals surface area contributed by atoms with Crippen molar-refractivity contribution in [2.45, 2.75) is 6.92 Å². The summed E-state index contributed by atoms with van der Waals surface area (Å²) in [5.41, 5.74) is 10.2. The summed E-state index contributed by atoms with van der Waals surface area (Å²) in [5.74, 6) is 0.678. The number of aryl methyl sites for hydroxylation is 1. The van der Waals surface area contributed by atoms with Gasteiger partial charge in [0.15, 0.2) is 0 Å². The summed E-state index contributed by atoms with van der Waals surface area (Å²) >= 11 is 9.38. The van der Waals surface area contributed by atoms with Crippen molar-refractivity contribution in [2.24, 2.45) is 0 Å². The first kappa shape index (κ1) is 15.0. The number of rotatable bonds is 2. The molecule has 3 nitrogen and oxygen atoms in total. The molecule has 2 N–H and O–H groups in total. The molecule has 3 aromatic rings. The number of hydrogen-bond acceptors (Lipinski definition) is 3. The topological polar surface area (TPSA) is 51.8 Å². The summed E-state index contributed by atoms with van der Waals surface area (Å²) < 4.78 is 1.01. The maximum absolute atomic E-state index is 6.32. The van der Waals surface area contributed by atoms with Crippen LogP contribution in [-0.4, -0.2) is 9.97 Å². The van der Waals surface area contributed by atoms with Crippen LogP contribution >= 0.6 is 27.5 Å². The van der Waals surface area contributed by atoms with Crippen molar-refractivity contribution in [1.29, 1.82) is 0 Å². The van der Waals surface area contributed by atoms with E-state index in [1.54, 1.807) is 0 Å². The molecule has 0 unspecified atom stereocenters. The van der Waals surface area contributed by atoms with Crippen molar-refractivity contribution in [3.05, 3.63) is 63.9 Å². The highest BCUT2D eigenvalue weighted by molar-refractivity contribution is 9.10. The predicted octanol–water partition coefficient (Wildman–Crippen LogP) is 5.12. The van der Waals surface area contributed by atoms with Gasteiger partial charge in [0.05, 0.1) is 17.1 Å². The molecule has 0 aliphatic rings. The molecule has 0 aliphatic carbocycles. The van der Waals surface area contributed by atoms with Crippen LogP contribution in [0.1, 0.15) is 5.82 Å². The van der Waals surface area contributed by atoms with Crippen LogP contribution in [0.2, 0.25) is 5.02 Å². The molecule has 22 heavy (non-hydrogen) atoms. The second-order valence-electron chi connectivity index (χ2n) is 4.90. The van der Waals surface area contributed by atoms with Crippen molar-refractivity contribution in [1.82, 2.24) is 9.97 Å². The monoisotopic (exact) mass is 373 g/mol. The molecule has 1 aromatic heterocycles. The second kappa shape index (κ2) is 6.07. The fraction of sp³-hybridized carbons (Fsp3) is 0.0588. The average Bonchev–Trinajstić information content (AvgIpc) is 2.51. The first-order valence-electron chi connectivity index (χ1n) is 6.70. The van der Waals surface area contributed by atoms with Crippen LogP contribution in [0.5, 0.6) is 0 Å². The van der Waals surface area contributed by atoms with Crippen molar-refractivity contribution in [3.8, 4) is 22.5 Å². The van der Waals surface area contributed by atoms with E-state index in [1.165, 1.54) is 0 Å². The Hall–Kier alpha value is -1.91. The van der Waals surface area contributed by atoms with Crippen molar-refractivity contribution >= 4 is 33.2 Å². The van der Waals surface area contributed by atoms with Gasteiger partial charge in [-0.1, -0.05) is 51.8 Å². The Morgan fingerprint density at radius 3 is 1.82 bits per heavy atom. The highest BCUT2D eigenvalue weighted by atomic mass is 79.9. The van der Waals surface area contributed by atoms with Gasteiger partial charge in [0.2, 0.25) is 0 Å². The van der Waals surface area contributed by atoms with Crippen molar-refractivity contribution < 1.29 is 0 Å². The minimum Gasteiger partial charge on any atom is -0.395 e. The Kier molecular flexibility index (Phi) is 4.14. The Balaban J connectivity index is 2.17. The summed E-state index contributed by atoms with van der Waals surface area (Å²) in [4.78, 5) is 8.99. The molecule has 110 valence electrons. The summed E-state index contributed by atoms with van der Waals surface area (Å²) in [6.45, 7) is 1.86. The van der Waals surface area contributed by atoms with E-state index < -0.39 is 0 Å². The van der Waals surface area contributed by atoms with Gasteiger partial charge in [0, 0.05) is 20.6 Å². The fourth-order valence-electron chi connectivity index (χ4n) is 2.24. The first-order valence-corrected chi connectivity index (χ1v) is 7.87. The molecule has 0 atom stereocenters. The third-order valence-electron chi connectivity index (χ3n) is 3.29. The standard InChI is InChI=1S/C17H13BrClN3/c1-10-21-16(11-2-6-13(18)7-3-11)15(20)17(22-10)12-4-8-14(19)9-5-12/h2-9H,20H2,1H3. The van der Waals surface area contributed by atoms with E-state index in [1.807, 2.05) is 55.5 Å². The lowest BCUT2D eigenvalue weighted by Gasteiger charge is -2.11. The van der Waals surface area contributed by atoms with Crippen LogP contribution < -0.4 is 5.73 Å². The van der Waals surface area contributed by atoms with E-state index in [2.05, 4.69) is 25.9 Å². The summed E-state index contributed by atoms with van der Waals surface area (Å²) in [5, 5.41) is 0.682. The molecule has 2 aromatic carbocycles. The van der Waals surface area contributed by atoms with Gasteiger partial charge in [0.1, 0.15) is 5.82 Å². The Morgan fingerprint density at radius 1 is 0.864 bits per heavy atom. The van der Waals surface area contributed by atoms with Crippen molar-refractivity contribution in [3.63, 3.8) is 0 Å². The quantitative estimate of drug-likeness (QED) is 0.677. The van der Waals surface area contributed by atoms with Gasteiger partial charge in [-0.05, 0) is 31.2 Å². The molecule has 0 bridgehead atoms. The third kappa shape index (κ3) is 2.98. The highest BCUT2D eigenvalue weighted by Crippen LogP contribution is 2.33. The van der Waals surface area contributed by atoms with Crippen LogP contribution in [0.25, 0.3) is 22.5 Å². The number of nitrogen functional groups attached to an aromatic ring is 1. The Labute approximate surface area is 142 Å². The fourth-order valence-corrected chi connectivity index (χ4v) is 2.63. The second-order valence-corrected chi connectivity index (χ2v) is 6.25. The Morgan fingerprint density at radius 2 is 1.32 bits per heavy atom. The van der Waals surface area contributed by atoms with Crippen molar-refractivity contribution in [2.75, 3.05) is 5.73 Å². The smallest absolute Gasteiger partial charge is 0.126 e. The molecule has 0 aliphatic heterocycles. The van der Waals surface area contributed by atoms with Gasteiger partial charge in [-0.25, -0.2) is 9.97 Å². The van der Waals surface area contributed by atoms with Gasteiger partial charge < -0.3 is 5.73 Å². The maximum atomic E-state index is 6.32. The molecular formula is C17H13BrClN3. The number of halogens is 2. The minimum absolute atomic E-state index is 0.565. The normalized spacial score (nSPS) is 10.7. The number of hydrogen-bond donors (Lipinski definition) is 1. The zero-order valence-corrected chi connectivity index (χ0v) is 14.2. The van der Waals surface area contributed by atoms with E-state index in [4.69, 9.17) is 17.3 Å². The van der Waals surface area contributed by atoms with Gasteiger partial charge in [-0.15, -0.1) is 0 Å². The van der Waals surface area contributed by atoms with Crippen LogP contribution in [0.3, 0.4) is 0 Å². The molecule has 3 rings (SSSR count). The first-order chi connectivity index (χ1) is 10.5. The van der Waals surface area contributed by atoms with Crippen LogP contribution in [-0.2, 0) is 0 Å². The maximum Gasteiger partial charge on any atom is 0.126 e. The minimum atomic E-state index is 0.565. The Bertz CT molecular complexity index is 748. The average molecular weight is 375 g/mol. The summed E-state index contributed by atoms with van der Waals surface area (Å²) in [6.07, 6.45) is 0. The summed E-state index contributed by atoms with van der Waals surface area (Å²) in [6, 6.07) is 15.4. The third-order valence-corrected chi connectivity index (χ3v) is 4.07. The van der Waals surface area contributed by atoms with Crippen LogP contribution in [0.15, 0.2) is 53.0 Å². The van der Waals surface area contributed by atoms with Gasteiger partial charge >= 0.3 is 0 Å². The van der Waals surface area contributed by atoms with Crippen LogP contribution in [0, 0.1) is 6.92 Å². The highest BCUT2D eigenvalue weighted by Gasteiger charge is 2.13. The van der Waals surface area contributed by atoms with E-state index in [0.717, 1.165) is 27.0 Å². The predicted molar refractivity (Wildman–Crippen MR) is 94.8 cm³/mol. The SMILES string of the molecule is Cc1nc(-c2ccc(Cl)cc2)c(N)c(-c2ccc(Br)cc2)n1. The molecule has 0 spiro atoms. The van der Waals surface area contributed by atoms with E-state index in [9.17, 15) is 0 Å². The number of anilines is 1. The van der Waals surface area contributed by atoms with E-state index in [-0.39, 0.29) is 0 Å². The molecule has 5 heteroatoms. The molecule has 0 saturated heterocycles. The number of nitrogens with zero attached hydrogens (tertiary/aromatic N) is 2. The molecule has 1 heterocycles. The van der Waals surface area contributed by atoms with Gasteiger partial charge in [0.25, 0.3) is 0 Å². The number of benzene rings is 2. The molecule has 0 fully saturated rings. The van der Waals surface area contributed by atoms with Gasteiger partial charge in [-0.3, -0.25) is 0 Å². The lowest BCUT2D eigenvalue weighted by Crippen LogP contribution is -2.02. The molecule has 0 saturated carbocycles. The molecular weight excluding hydrogens is 362 g/mol. The van der Waals surface area contributed by atoms with E-state index >= 15 is 0 Å². The lowest BCUT2D eigenvalue weighted by molar-refractivity contribution is 1.07. The van der Waals surface area contributed by atoms with E-state index in [0.29, 0.717) is 16.5 Å². The number of nitrogens with two attached hydrogens (primary N) is 1. The molecule has 0 amide bonds. The lowest BCUT2D eigenvalue weighted by atomic mass is 10.0. The number of aromatic nitrogens is 2.